The molecule has 1 aliphatic rings. The monoisotopic (exact) mass is 326 g/mol. The van der Waals surface area contributed by atoms with Crippen molar-refractivity contribution in [3.8, 4) is 0 Å². The lowest BCUT2D eigenvalue weighted by molar-refractivity contribution is -0.387. The first-order valence-corrected chi connectivity index (χ1v) is 9.39. The van der Waals surface area contributed by atoms with Gasteiger partial charge in [0.1, 0.15) is 4.90 Å². The van der Waals surface area contributed by atoms with E-state index < -0.39 is 14.8 Å². The van der Waals surface area contributed by atoms with Gasteiger partial charge in [-0.25, -0.2) is 8.42 Å². The second-order valence-electron chi connectivity index (χ2n) is 6.22. The zero-order valence-corrected chi connectivity index (χ0v) is 13.7. The zero-order chi connectivity index (χ0) is 16.3. The maximum absolute atomic E-state index is 11.7. The first-order chi connectivity index (χ1) is 10.3. The van der Waals surface area contributed by atoms with Crippen LogP contribution < -0.4 is 5.32 Å². The Balaban J connectivity index is 2.11. The molecule has 2 rings (SSSR count). The fraction of sp³-hybridized carbons (Fsp3) is 0.600. The van der Waals surface area contributed by atoms with Crippen LogP contribution in [0.4, 0.5) is 11.4 Å². The van der Waals surface area contributed by atoms with Gasteiger partial charge in [-0.05, 0) is 36.8 Å². The normalized spacial score (nSPS) is 22.3. The molecule has 122 valence electrons. The third-order valence-electron chi connectivity index (χ3n) is 4.29. The summed E-state index contributed by atoms with van der Waals surface area (Å²) in [5.41, 5.74) is 0.240. The summed E-state index contributed by atoms with van der Waals surface area (Å²) < 4.78 is 23.4. The van der Waals surface area contributed by atoms with E-state index in [0.717, 1.165) is 18.7 Å². The molecule has 0 radical (unpaired) electrons. The van der Waals surface area contributed by atoms with Crippen LogP contribution in [-0.2, 0) is 9.84 Å². The molecule has 1 aromatic carbocycles. The molecule has 7 heteroatoms. The van der Waals surface area contributed by atoms with Crippen molar-refractivity contribution in [1.29, 1.82) is 0 Å². The third kappa shape index (κ3) is 4.19. The van der Waals surface area contributed by atoms with Gasteiger partial charge in [-0.2, -0.15) is 0 Å². The van der Waals surface area contributed by atoms with Gasteiger partial charge in [-0.3, -0.25) is 10.1 Å². The van der Waals surface area contributed by atoms with E-state index >= 15 is 0 Å². The summed E-state index contributed by atoms with van der Waals surface area (Å²) >= 11 is 0. The van der Waals surface area contributed by atoms with Crippen LogP contribution in [-0.4, -0.2) is 26.1 Å². The van der Waals surface area contributed by atoms with E-state index in [9.17, 15) is 18.5 Å². The van der Waals surface area contributed by atoms with E-state index in [1.165, 1.54) is 37.8 Å². The maximum atomic E-state index is 11.7. The minimum Gasteiger partial charge on any atom is -0.385 e. The third-order valence-corrected chi connectivity index (χ3v) is 5.41. The van der Waals surface area contributed by atoms with Crippen molar-refractivity contribution in [1.82, 2.24) is 0 Å². The van der Waals surface area contributed by atoms with Crippen LogP contribution in [0, 0.1) is 22.0 Å². The number of nitrogens with one attached hydrogen (secondary N) is 1. The molecule has 22 heavy (non-hydrogen) atoms. The van der Waals surface area contributed by atoms with Crippen LogP contribution in [0.5, 0.6) is 0 Å². The van der Waals surface area contributed by atoms with Gasteiger partial charge in [-0.1, -0.05) is 19.8 Å². The van der Waals surface area contributed by atoms with Gasteiger partial charge in [0.2, 0.25) is 0 Å². The highest BCUT2D eigenvalue weighted by atomic mass is 32.2. The van der Waals surface area contributed by atoms with Crippen LogP contribution in [0.15, 0.2) is 23.1 Å². The van der Waals surface area contributed by atoms with Gasteiger partial charge < -0.3 is 5.32 Å². The van der Waals surface area contributed by atoms with Gasteiger partial charge in [0.05, 0.1) is 4.92 Å². The number of benzene rings is 1. The number of nitro groups is 1. The average molecular weight is 326 g/mol. The van der Waals surface area contributed by atoms with Crippen LogP contribution in [0.3, 0.4) is 0 Å². The lowest BCUT2D eigenvalue weighted by atomic mass is 9.83. The summed E-state index contributed by atoms with van der Waals surface area (Å²) in [5, 5.41) is 14.2. The number of sulfone groups is 1. The molecule has 1 saturated carbocycles. The fourth-order valence-corrected chi connectivity index (χ4v) is 3.73. The highest BCUT2D eigenvalue weighted by molar-refractivity contribution is 7.90. The first kappa shape index (κ1) is 16.7. The molecule has 0 atom stereocenters. The summed E-state index contributed by atoms with van der Waals surface area (Å²) in [4.78, 5) is 10.0. The molecule has 1 aliphatic carbocycles. The molecule has 0 aromatic heterocycles. The maximum Gasteiger partial charge on any atom is 0.288 e. The van der Waals surface area contributed by atoms with E-state index in [0.29, 0.717) is 11.6 Å². The van der Waals surface area contributed by atoms with Gasteiger partial charge in [0.15, 0.2) is 9.84 Å². The Labute approximate surface area is 131 Å². The number of nitro benzene ring substituents is 1. The molecule has 1 aromatic rings. The van der Waals surface area contributed by atoms with E-state index in [4.69, 9.17) is 0 Å². The van der Waals surface area contributed by atoms with Crippen LogP contribution in [0.1, 0.15) is 32.6 Å². The molecule has 0 aliphatic heterocycles. The molecule has 0 heterocycles. The Hall–Kier alpha value is -1.63. The summed E-state index contributed by atoms with van der Waals surface area (Å²) in [6.07, 6.45) is 5.77. The predicted molar refractivity (Wildman–Crippen MR) is 85.8 cm³/mol. The number of nitrogens with zero attached hydrogens (tertiary/aromatic N) is 1. The number of hydrogen-bond donors (Lipinski definition) is 1. The van der Waals surface area contributed by atoms with E-state index in [2.05, 4.69) is 12.2 Å². The van der Waals surface area contributed by atoms with Crippen molar-refractivity contribution < 1.29 is 13.3 Å². The molecule has 0 bridgehead atoms. The highest BCUT2D eigenvalue weighted by Crippen LogP contribution is 2.30. The minimum absolute atomic E-state index is 0.236. The second kappa shape index (κ2) is 6.64. The lowest BCUT2D eigenvalue weighted by Gasteiger charge is -2.26. The molecule has 1 N–H and O–H groups in total. The first-order valence-electron chi connectivity index (χ1n) is 7.49. The standard InChI is InChI=1S/C15H22N2O4S/c1-11-3-5-12(6-4-11)10-16-13-7-8-14(17(18)19)15(9-13)22(2,20)21/h7-9,11-12,16H,3-6,10H2,1-2H3. The molecule has 0 spiro atoms. The summed E-state index contributed by atoms with van der Waals surface area (Å²) in [7, 11) is -3.63. The van der Waals surface area contributed by atoms with Gasteiger partial charge in [-0.15, -0.1) is 0 Å². The molecule has 1 fully saturated rings. The Morgan fingerprint density at radius 1 is 1.27 bits per heavy atom. The van der Waals surface area contributed by atoms with E-state index in [1.54, 1.807) is 6.07 Å². The van der Waals surface area contributed by atoms with E-state index in [-0.39, 0.29) is 10.6 Å². The molecular weight excluding hydrogens is 304 g/mol. The minimum atomic E-state index is -3.63. The highest BCUT2D eigenvalue weighted by Gasteiger charge is 2.23. The van der Waals surface area contributed by atoms with Crippen molar-refractivity contribution in [2.24, 2.45) is 11.8 Å². The Kier molecular flexibility index (Phi) is 5.05. The topological polar surface area (TPSA) is 89.3 Å². The molecule has 6 nitrogen and oxygen atoms in total. The van der Waals surface area contributed by atoms with Crippen molar-refractivity contribution in [2.75, 3.05) is 18.1 Å². The van der Waals surface area contributed by atoms with Crippen molar-refractivity contribution in [2.45, 2.75) is 37.5 Å². The molecule has 0 saturated heterocycles. The average Bonchev–Trinajstić information content (AvgIpc) is 2.45. The number of anilines is 1. The number of hydrogen-bond acceptors (Lipinski definition) is 5. The van der Waals surface area contributed by atoms with Crippen molar-refractivity contribution in [3.63, 3.8) is 0 Å². The van der Waals surface area contributed by atoms with Crippen molar-refractivity contribution in [3.05, 3.63) is 28.3 Å². The largest absolute Gasteiger partial charge is 0.385 e. The summed E-state index contributed by atoms with van der Waals surface area (Å²) in [5.74, 6) is 1.36. The smallest absolute Gasteiger partial charge is 0.288 e. The quantitative estimate of drug-likeness (QED) is 0.663. The Bertz CT molecular complexity index is 650. The van der Waals surface area contributed by atoms with Gasteiger partial charge >= 0.3 is 0 Å². The van der Waals surface area contributed by atoms with Crippen LogP contribution in [0.25, 0.3) is 0 Å². The van der Waals surface area contributed by atoms with Crippen LogP contribution >= 0.6 is 0 Å². The summed E-state index contributed by atoms with van der Waals surface area (Å²) in [6, 6.07) is 4.18. The Morgan fingerprint density at radius 2 is 1.91 bits per heavy atom. The SMILES string of the molecule is CC1CCC(CNc2ccc([N+](=O)[O-])c(S(C)(=O)=O)c2)CC1. The fourth-order valence-electron chi connectivity index (χ4n) is 2.87. The van der Waals surface area contributed by atoms with Gasteiger partial charge in [0.25, 0.3) is 5.69 Å². The van der Waals surface area contributed by atoms with E-state index in [1.807, 2.05) is 0 Å². The zero-order valence-electron chi connectivity index (χ0n) is 12.9. The molecule has 0 amide bonds. The molecular formula is C15H22N2O4S. The number of rotatable bonds is 5. The van der Waals surface area contributed by atoms with Gasteiger partial charge in [0, 0.05) is 24.6 Å². The lowest BCUT2D eigenvalue weighted by Crippen LogP contribution is -2.20. The van der Waals surface area contributed by atoms with Crippen molar-refractivity contribution >= 4 is 21.2 Å². The summed E-state index contributed by atoms with van der Waals surface area (Å²) in [6.45, 7) is 3.03. The molecule has 0 unspecified atom stereocenters. The Morgan fingerprint density at radius 3 is 2.45 bits per heavy atom. The second-order valence-corrected chi connectivity index (χ2v) is 8.20. The predicted octanol–water partition coefficient (Wildman–Crippen LogP) is 3.24. The van der Waals surface area contributed by atoms with Crippen LogP contribution in [0.2, 0.25) is 0 Å².